The number of nitrogens with one attached hydrogen (secondary N) is 1. The lowest BCUT2D eigenvalue weighted by molar-refractivity contribution is 0.0948. The summed E-state index contributed by atoms with van der Waals surface area (Å²) in [7, 11) is 3.06. The summed E-state index contributed by atoms with van der Waals surface area (Å²) in [6.07, 6.45) is 2.04. The summed E-state index contributed by atoms with van der Waals surface area (Å²) in [4.78, 5) is 12.5. The van der Waals surface area contributed by atoms with Gasteiger partial charge < -0.3 is 25.3 Å². The van der Waals surface area contributed by atoms with Crippen LogP contribution in [-0.4, -0.2) is 26.7 Å². The molecule has 0 spiro atoms. The van der Waals surface area contributed by atoms with Gasteiger partial charge in [0.2, 0.25) is 0 Å². The maximum Gasteiger partial charge on any atom is 0.255 e. The maximum atomic E-state index is 12.5. The van der Waals surface area contributed by atoms with Gasteiger partial charge in [0.1, 0.15) is 5.75 Å². The Kier molecular flexibility index (Phi) is 7.61. The number of anilines is 1. The van der Waals surface area contributed by atoms with E-state index in [0.717, 1.165) is 18.4 Å². The van der Waals surface area contributed by atoms with Crippen molar-refractivity contribution in [2.45, 2.75) is 26.3 Å². The molecule has 3 N–H and O–H groups in total. The van der Waals surface area contributed by atoms with Crippen LogP contribution in [0.5, 0.6) is 17.2 Å². The van der Waals surface area contributed by atoms with Crippen molar-refractivity contribution in [2.75, 3.05) is 26.6 Å². The number of hydrogen-bond acceptors (Lipinski definition) is 5. The van der Waals surface area contributed by atoms with Crippen molar-refractivity contribution in [1.82, 2.24) is 5.32 Å². The molecular weight excluding hydrogens is 368 g/mol. The Morgan fingerprint density at radius 3 is 2.52 bits per heavy atom. The first-order chi connectivity index (χ1) is 13.0. The summed E-state index contributed by atoms with van der Waals surface area (Å²) in [6.45, 7) is 3.06. The van der Waals surface area contributed by atoms with Gasteiger partial charge in [0.05, 0.1) is 37.1 Å². The Labute approximate surface area is 164 Å². The van der Waals surface area contributed by atoms with Gasteiger partial charge in [-0.25, -0.2) is 0 Å². The number of carbonyl (C=O) groups excluding carboxylic acids is 1. The van der Waals surface area contributed by atoms with Gasteiger partial charge >= 0.3 is 0 Å². The molecule has 0 aliphatic carbocycles. The van der Waals surface area contributed by atoms with Crippen molar-refractivity contribution >= 4 is 23.2 Å². The predicted octanol–water partition coefficient (Wildman–Crippen LogP) is 4.05. The van der Waals surface area contributed by atoms with Crippen molar-refractivity contribution in [2.24, 2.45) is 0 Å². The number of hydrogen-bond donors (Lipinski definition) is 2. The van der Waals surface area contributed by atoms with Crippen LogP contribution in [0.25, 0.3) is 0 Å². The van der Waals surface area contributed by atoms with Crippen LogP contribution >= 0.6 is 11.6 Å². The highest BCUT2D eigenvalue weighted by Crippen LogP contribution is 2.30. The van der Waals surface area contributed by atoms with E-state index in [9.17, 15) is 4.79 Å². The molecule has 2 aromatic carbocycles. The number of methoxy groups -OCH3 is 2. The van der Waals surface area contributed by atoms with Crippen molar-refractivity contribution < 1.29 is 19.0 Å². The molecule has 0 aromatic heterocycles. The molecule has 7 heteroatoms. The average molecular weight is 393 g/mol. The quantitative estimate of drug-likeness (QED) is 0.497. The van der Waals surface area contributed by atoms with E-state index in [-0.39, 0.29) is 5.91 Å². The van der Waals surface area contributed by atoms with Crippen LogP contribution in [0.1, 0.15) is 35.7 Å². The third kappa shape index (κ3) is 5.44. The van der Waals surface area contributed by atoms with E-state index < -0.39 is 0 Å². The standard InChI is InChI=1S/C20H25ClN2O4/c1-4-5-8-27-17-7-6-13(9-19(17)26-3)12-23-20(24)14-10-15(21)16(22)11-18(14)25-2/h6-7,9-11H,4-5,8,12,22H2,1-3H3,(H,23,24). The lowest BCUT2D eigenvalue weighted by atomic mass is 10.1. The third-order valence-corrected chi connectivity index (χ3v) is 4.33. The topological polar surface area (TPSA) is 82.8 Å². The molecule has 0 saturated heterocycles. The van der Waals surface area contributed by atoms with Gasteiger partial charge in [-0.1, -0.05) is 31.0 Å². The van der Waals surface area contributed by atoms with Crippen LogP contribution in [0.3, 0.4) is 0 Å². The van der Waals surface area contributed by atoms with E-state index in [1.807, 2.05) is 18.2 Å². The smallest absolute Gasteiger partial charge is 0.255 e. The van der Waals surface area contributed by atoms with Crippen LogP contribution in [0.15, 0.2) is 30.3 Å². The molecule has 0 fully saturated rings. The zero-order valence-corrected chi connectivity index (χ0v) is 16.6. The summed E-state index contributed by atoms with van der Waals surface area (Å²) in [6, 6.07) is 8.60. The number of unbranched alkanes of at least 4 members (excludes halogenated alkanes) is 1. The fraction of sp³-hybridized carbons (Fsp3) is 0.350. The van der Waals surface area contributed by atoms with E-state index in [4.69, 9.17) is 31.5 Å². The predicted molar refractivity (Wildman–Crippen MR) is 107 cm³/mol. The summed E-state index contributed by atoms with van der Waals surface area (Å²) in [5, 5.41) is 3.15. The van der Waals surface area contributed by atoms with Crippen molar-refractivity contribution in [3.05, 3.63) is 46.5 Å². The molecule has 2 aromatic rings. The number of halogens is 1. The SMILES string of the molecule is CCCCOc1ccc(CNC(=O)c2cc(Cl)c(N)cc2OC)cc1OC. The molecule has 27 heavy (non-hydrogen) atoms. The molecule has 0 bridgehead atoms. The molecule has 1 amide bonds. The second-order valence-corrected chi connectivity index (χ2v) is 6.35. The largest absolute Gasteiger partial charge is 0.496 e. The van der Waals surface area contributed by atoms with E-state index in [1.54, 1.807) is 7.11 Å². The van der Waals surface area contributed by atoms with Crippen LogP contribution in [0.2, 0.25) is 5.02 Å². The Balaban J connectivity index is 2.08. The molecular formula is C20H25ClN2O4. The van der Waals surface area contributed by atoms with Crippen molar-refractivity contribution in [3.63, 3.8) is 0 Å². The fourth-order valence-corrected chi connectivity index (χ4v) is 2.62. The highest BCUT2D eigenvalue weighted by molar-refractivity contribution is 6.33. The Bertz CT molecular complexity index is 796. The number of ether oxygens (including phenoxy) is 3. The molecule has 2 rings (SSSR count). The molecule has 0 unspecified atom stereocenters. The maximum absolute atomic E-state index is 12.5. The van der Waals surface area contributed by atoms with Gasteiger partial charge in [-0.2, -0.15) is 0 Å². The molecule has 0 radical (unpaired) electrons. The minimum Gasteiger partial charge on any atom is -0.496 e. The minimum absolute atomic E-state index is 0.302. The molecule has 0 heterocycles. The lowest BCUT2D eigenvalue weighted by Gasteiger charge is -2.13. The number of nitrogens with two attached hydrogens (primary N) is 1. The molecule has 0 aliphatic heterocycles. The second-order valence-electron chi connectivity index (χ2n) is 5.94. The molecule has 0 aliphatic rings. The zero-order valence-electron chi connectivity index (χ0n) is 15.8. The van der Waals surface area contributed by atoms with Gasteiger partial charge in [-0.05, 0) is 30.2 Å². The molecule has 0 atom stereocenters. The minimum atomic E-state index is -0.309. The number of rotatable bonds is 9. The van der Waals surface area contributed by atoms with Gasteiger partial charge in [-0.3, -0.25) is 4.79 Å². The highest BCUT2D eigenvalue weighted by atomic mass is 35.5. The van der Waals surface area contributed by atoms with Crippen LogP contribution in [0.4, 0.5) is 5.69 Å². The molecule has 6 nitrogen and oxygen atoms in total. The van der Waals surface area contributed by atoms with Crippen molar-refractivity contribution in [1.29, 1.82) is 0 Å². The van der Waals surface area contributed by atoms with Gasteiger partial charge in [0, 0.05) is 12.6 Å². The zero-order chi connectivity index (χ0) is 19.8. The first-order valence-corrected chi connectivity index (χ1v) is 9.08. The van der Waals surface area contributed by atoms with E-state index >= 15 is 0 Å². The average Bonchev–Trinajstić information content (AvgIpc) is 2.68. The second kappa shape index (κ2) is 9.92. The number of amides is 1. The third-order valence-electron chi connectivity index (χ3n) is 4.00. The Morgan fingerprint density at radius 1 is 1.11 bits per heavy atom. The normalized spacial score (nSPS) is 10.4. The van der Waals surface area contributed by atoms with Crippen LogP contribution < -0.4 is 25.3 Å². The van der Waals surface area contributed by atoms with E-state index in [2.05, 4.69) is 12.2 Å². The van der Waals surface area contributed by atoms with Crippen LogP contribution in [0, 0.1) is 0 Å². The first-order valence-electron chi connectivity index (χ1n) is 8.71. The van der Waals surface area contributed by atoms with Gasteiger partial charge in [0.15, 0.2) is 11.5 Å². The summed E-state index contributed by atoms with van der Waals surface area (Å²) < 4.78 is 16.3. The molecule has 0 saturated carbocycles. The Morgan fingerprint density at radius 2 is 1.85 bits per heavy atom. The lowest BCUT2D eigenvalue weighted by Crippen LogP contribution is -2.23. The van der Waals surface area contributed by atoms with E-state index in [0.29, 0.717) is 46.7 Å². The summed E-state index contributed by atoms with van der Waals surface area (Å²) >= 11 is 6.02. The number of carbonyl (C=O) groups is 1. The summed E-state index contributed by atoms with van der Waals surface area (Å²) in [5.74, 6) is 1.38. The van der Waals surface area contributed by atoms with Crippen molar-refractivity contribution in [3.8, 4) is 17.2 Å². The molecule has 146 valence electrons. The van der Waals surface area contributed by atoms with Gasteiger partial charge in [-0.15, -0.1) is 0 Å². The fourth-order valence-electron chi connectivity index (χ4n) is 2.46. The Hall–Kier alpha value is -2.60. The first kappa shape index (κ1) is 20.7. The summed E-state index contributed by atoms with van der Waals surface area (Å²) in [5.41, 5.74) is 7.31. The number of benzene rings is 2. The van der Waals surface area contributed by atoms with Gasteiger partial charge in [0.25, 0.3) is 5.91 Å². The monoisotopic (exact) mass is 392 g/mol. The number of nitrogen functional groups attached to an aromatic ring is 1. The van der Waals surface area contributed by atoms with E-state index in [1.165, 1.54) is 19.2 Å². The van der Waals surface area contributed by atoms with Crippen LogP contribution in [-0.2, 0) is 6.54 Å². The highest BCUT2D eigenvalue weighted by Gasteiger charge is 2.15.